The van der Waals surface area contributed by atoms with Crippen LogP contribution in [0.4, 0.5) is 5.82 Å². The summed E-state index contributed by atoms with van der Waals surface area (Å²) in [6, 6.07) is 9.56. The number of anilines is 1. The van der Waals surface area contributed by atoms with Crippen molar-refractivity contribution in [2.24, 2.45) is 0 Å². The van der Waals surface area contributed by atoms with Gasteiger partial charge in [0.2, 0.25) is 5.91 Å². The van der Waals surface area contributed by atoms with Crippen molar-refractivity contribution in [1.29, 1.82) is 0 Å². The number of carbonyl (C=O) groups is 1. The lowest BCUT2D eigenvalue weighted by Crippen LogP contribution is -2.41. The van der Waals surface area contributed by atoms with E-state index in [-0.39, 0.29) is 12.0 Å². The molecule has 1 amide bonds. The number of halogens is 3. The summed E-state index contributed by atoms with van der Waals surface area (Å²) < 4.78 is 13.5. The van der Waals surface area contributed by atoms with Crippen LogP contribution in [-0.2, 0) is 9.53 Å². The molecule has 2 unspecified atom stereocenters. The molecule has 0 spiro atoms. The van der Waals surface area contributed by atoms with Crippen molar-refractivity contribution in [1.82, 2.24) is 24.4 Å². The predicted octanol–water partition coefficient (Wildman–Crippen LogP) is 6.00. The van der Waals surface area contributed by atoms with Crippen LogP contribution in [0.15, 0.2) is 48.9 Å². The van der Waals surface area contributed by atoms with Gasteiger partial charge >= 0.3 is 0 Å². The molecule has 13 heteroatoms. The molecule has 1 fully saturated rings. The third-order valence-corrected chi connectivity index (χ3v) is 8.59. The molecule has 5 rings (SSSR count). The van der Waals surface area contributed by atoms with Gasteiger partial charge in [0.1, 0.15) is 23.4 Å². The Kier molecular flexibility index (Phi) is 8.97. The minimum absolute atomic E-state index is 0.0988. The van der Waals surface area contributed by atoms with E-state index in [0.29, 0.717) is 53.3 Å². The lowest BCUT2D eigenvalue weighted by molar-refractivity contribution is -0.118. The van der Waals surface area contributed by atoms with Gasteiger partial charge in [0.25, 0.3) is 0 Å². The largest absolute Gasteiger partial charge is 0.486 e. The average Bonchev–Trinajstić information content (AvgIpc) is 3.27. The molecule has 4 heterocycles. The standard InChI is InChI=1S/C25H24Cl2IN6O3P/c1-15(24-19(26)12-29-13-20(24)27)37-17-3-4-21-18(10-17)25(32-34(21)38-28)16-2-5-22(30-11-16)31-23(35)14-33-6-8-36-9-7-33/h2-5,10-13,15,38H,6-9,14H2,1H3,(H,30,31,35). The highest BCUT2D eigenvalue weighted by atomic mass is 127. The lowest BCUT2D eigenvalue weighted by atomic mass is 10.1. The number of pyridine rings is 2. The Hall–Kier alpha value is -2.08. The fourth-order valence-corrected chi connectivity index (χ4v) is 6.47. The second-order valence-corrected chi connectivity index (χ2v) is 11.5. The maximum absolute atomic E-state index is 12.4. The Balaban J connectivity index is 1.36. The number of amides is 1. The van der Waals surface area contributed by atoms with E-state index >= 15 is 0 Å². The number of fused-ring (bicyclic) bond motifs is 1. The highest BCUT2D eigenvalue weighted by Crippen LogP contribution is 2.38. The van der Waals surface area contributed by atoms with Gasteiger partial charge in [-0.1, -0.05) is 23.2 Å². The highest BCUT2D eigenvalue weighted by molar-refractivity contribution is 14.2. The number of aromatic nitrogens is 4. The van der Waals surface area contributed by atoms with E-state index in [0.717, 1.165) is 35.2 Å². The molecule has 38 heavy (non-hydrogen) atoms. The maximum atomic E-state index is 12.4. The summed E-state index contributed by atoms with van der Waals surface area (Å²) in [6.07, 6.45) is 4.85. The minimum atomic E-state index is -0.387. The summed E-state index contributed by atoms with van der Waals surface area (Å²) in [5, 5.41) is 9.53. The molecule has 4 aromatic rings. The summed E-state index contributed by atoms with van der Waals surface area (Å²) in [6.45, 7) is 5.00. The third kappa shape index (κ3) is 6.21. The van der Waals surface area contributed by atoms with Crippen LogP contribution in [0.3, 0.4) is 0 Å². The number of hydrogen-bond donors (Lipinski definition) is 1. The first kappa shape index (κ1) is 27.5. The fraction of sp³-hybridized carbons (Fsp3) is 0.280. The van der Waals surface area contributed by atoms with E-state index in [2.05, 4.69) is 42.2 Å². The Bertz CT molecular complexity index is 1430. The van der Waals surface area contributed by atoms with E-state index in [4.69, 9.17) is 37.8 Å². The normalized spacial score (nSPS) is 15.3. The van der Waals surface area contributed by atoms with Gasteiger partial charge in [0.05, 0.1) is 41.7 Å². The van der Waals surface area contributed by atoms with Crippen LogP contribution in [0.1, 0.15) is 18.6 Å². The van der Waals surface area contributed by atoms with Crippen LogP contribution in [0, 0.1) is 0 Å². The number of nitrogens with zero attached hydrogens (tertiary/aromatic N) is 5. The quantitative estimate of drug-likeness (QED) is 0.180. The first-order chi connectivity index (χ1) is 18.4. The van der Waals surface area contributed by atoms with Gasteiger partial charge in [-0.3, -0.25) is 14.7 Å². The number of morpholine rings is 1. The van der Waals surface area contributed by atoms with Gasteiger partial charge in [-0.2, -0.15) is 5.10 Å². The van der Waals surface area contributed by atoms with Crippen molar-refractivity contribution in [2.45, 2.75) is 13.0 Å². The number of benzene rings is 1. The van der Waals surface area contributed by atoms with E-state index in [1.165, 1.54) is 0 Å². The first-order valence-electron chi connectivity index (χ1n) is 11.8. The van der Waals surface area contributed by atoms with Crippen LogP contribution in [0.25, 0.3) is 22.2 Å². The van der Waals surface area contributed by atoms with Crippen LogP contribution < -0.4 is 10.1 Å². The fourth-order valence-electron chi connectivity index (χ4n) is 4.27. The van der Waals surface area contributed by atoms with Crippen LogP contribution in [0.5, 0.6) is 5.75 Å². The molecule has 0 aliphatic carbocycles. The molecule has 0 radical (unpaired) electrons. The Morgan fingerprint density at radius 3 is 2.63 bits per heavy atom. The number of hydrogen-bond acceptors (Lipinski definition) is 7. The summed E-state index contributed by atoms with van der Waals surface area (Å²) in [5.41, 5.74) is 3.28. The monoisotopic (exact) mass is 684 g/mol. The molecule has 0 saturated carbocycles. The van der Waals surface area contributed by atoms with E-state index in [1.807, 2.05) is 35.6 Å². The second kappa shape index (κ2) is 12.4. The van der Waals surface area contributed by atoms with Gasteiger partial charge < -0.3 is 14.8 Å². The summed E-state index contributed by atoms with van der Waals surface area (Å²) in [5.74, 6) is 1.06. The molecule has 1 aliphatic heterocycles. The molecule has 1 aromatic carbocycles. The Morgan fingerprint density at radius 2 is 1.95 bits per heavy atom. The smallest absolute Gasteiger partial charge is 0.239 e. The highest BCUT2D eigenvalue weighted by Gasteiger charge is 2.19. The minimum Gasteiger partial charge on any atom is -0.486 e. The molecule has 0 bridgehead atoms. The predicted molar refractivity (Wildman–Crippen MR) is 160 cm³/mol. The average molecular weight is 685 g/mol. The van der Waals surface area contributed by atoms with E-state index in [1.54, 1.807) is 24.7 Å². The molecule has 2 atom stereocenters. The van der Waals surface area contributed by atoms with E-state index < -0.39 is 0 Å². The summed E-state index contributed by atoms with van der Waals surface area (Å²) in [7, 11) is 0. The van der Waals surface area contributed by atoms with Gasteiger partial charge in [0, 0.05) is 48.2 Å². The van der Waals surface area contributed by atoms with Crippen molar-refractivity contribution in [2.75, 3.05) is 38.2 Å². The molecule has 9 nitrogen and oxygen atoms in total. The topological polar surface area (TPSA) is 94.4 Å². The molecular weight excluding hydrogens is 661 g/mol. The van der Waals surface area contributed by atoms with Crippen LogP contribution >= 0.6 is 51.6 Å². The number of carbonyl (C=O) groups excluding carboxylic acids is 1. The summed E-state index contributed by atoms with van der Waals surface area (Å²) >= 11 is 15.0. The van der Waals surface area contributed by atoms with Gasteiger partial charge in [-0.05, 0) is 59.3 Å². The number of nitrogens with one attached hydrogen (secondary N) is 1. The van der Waals surface area contributed by atoms with Crippen molar-refractivity contribution in [3.8, 4) is 17.0 Å². The molecule has 1 saturated heterocycles. The summed E-state index contributed by atoms with van der Waals surface area (Å²) in [4.78, 5) is 23.0. The zero-order chi connectivity index (χ0) is 26.6. The maximum Gasteiger partial charge on any atom is 0.239 e. The van der Waals surface area contributed by atoms with Crippen LogP contribution in [-0.4, -0.2) is 63.2 Å². The van der Waals surface area contributed by atoms with Crippen LogP contribution in [0.2, 0.25) is 10.0 Å². The number of ether oxygens (including phenoxy) is 2. The molecular formula is C25H24Cl2IN6O3P. The molecule has 1 N–H and O–H groups in total. The Morgan fingerprint density at radius 1 is 1.18 bits per heavy atom. The van der Waals surface area contributed by atoms with Crippen molar-refractivity contribution in [3.05, 3.63) is 64.5 Å². The lowest BCUT2D eigenvalue weighted by Gasteiger charge is -2.25. The molecule has 1 aliphatic rings. The third-order valence-electron chi connectivity index (χ3n) is 6.12. The first-order valence-corrected chi connectivity index (χ1v) is 16.7. The van der Waals surface area contributed by atoms with Gasteiger partial charge in [-0.25, -0.2) is 9.44 Å². The second-order valence-electron chi connectivity index (χ2n) is 8.67. The Labute approximate surface area is 244 Å². The zero-order valence-corrected chi connectivity index (χ0v) is 25.0. The van der Waals surface area contributed by atoms with E-state index in [9.17, 15) is 4.79 Å². The van der Waals surface area contributed by atoms with Gasteiger partial charge in [0.15, 0.2) is 0 Å². The number of rotatable bonds is 8. The van der Waals surface area contributed by atoms with Crippen molar-refractivity contribution in [3.63, 3.8) is 0 Å². The van der Waals surface area contributed by atoms with Crippen molar-refractivity contribution >= 4 is 74.2 Å². The molecule has 3 aromatic heterocycles. The molecule has 198 valence electrons. The SMILES string of the molecule is CC(Oc1ccc2c(c1)c(-c1ccc(NC(=O)CN3CCOCC3)nc1)nn2PI)c1c(Cl)cncc1Cl. The van der Waals surface area contributed by atoms with Crippen molar-refractivity contribution < 1.29 is 14.3 Å². The zero-order valence-electron chi connectivity index (χ0n) is 20.3. The van der Waals surface area contributed by atoms with Gasteiger partial charge in [-0.15, -0.1) is 0 Å².